The van der Waals surface area contributed by atoms with Crippen molar-refractivity contribution in [2.75, 3.05) is 31.1 Å². The van der Waals surface area contributed by atoms with E-state index in [1.54, 1.807) is 0 Å². The van der Waals surface area contributed by atoms with Crippen molar-refractivity contribution in [3.8, 4) is 0 Å². The Labute approximate surface area is 122 Å². The summed E-state index contributed by atoms with van der Waals surface area (Å²) in [6.07, 6.45) is 11.3. The summed E-state index contributed by atoms with van der Waals surface area (Å²) in [5.74, 6) is 2.09. The summed E-state index contributed by atoms with van der Waals surface area (Å²) in [7, 11) is 0. The monoisotopic (exact) mass is 271 g/mol. The fraction of sp³-hybridized carbons (Fsp3) is 0.706. The molecule has 108 valence electrons. The molecule has 3 unspecified atom stereocenters. The maximum Gasteiger partial charge on any atom is 0.0397 e. The van der Waals surface area contributed by atoms with Crippen molar-refractivity contribution in [3.63, 3.8) is 0 Å². The van der Waals surface area contributed by atoms with Gasteiger partial charge in [-0.05, 0) is 49.7 Å². The van der Waals surface area contributed by atoms with E-state index < -0.39 is 0 Å². The number of hydrogen-bond acceptors (Lipinski definition) is 3. The first-order chi connectivity index (χ1) is 9.90. The van der Waals surface area contributed by atoms with Gasteiger partial charge < -0.3 is 4.90 Å². The molecule has 0 amide bonds. The van der Waals surface area contributed by atoms with Crippen LogP contribution in [0.3, 0.4) is 0 Å². The third-order valence-corrected chi connectivity index (χ3v) is 5.81. The van der Waals surface area contributed by atoms with E-state index in [4.69, 9.17) is 0 Å². The lowest BCUT2D eigenvalue weighted by Crippen LogP contribution is -2.52. The lowest BCUT2D eigenvalue weighted by atomic mass is 9.84. The molecule has 1 aromatic rings. The Morgan fingerprint density at radius 1 is 0.900 bits per heavy atom. The highest BCUT2D eigenvalue weighted by Crippen LogP contribution is 2.44. The average molecular weight is 271 g/mol. The summed E-state index contributed by atoms with van der Waals surface area (Å²) in [4.78, 5) is 9.43. The lowest BCUT2D eigenvalue weighted by molar-refractivity contribution is 0.103. The number of nitrogens with zero attached hydrogens (tertiary/aromatic N) is 3. The molecule has 2 saturated carbocycles. The van der Waals surface area contributed by atoms with Gasteiger partial charge in [0.05, 0.1) is 0 Å². The molecule has 3 aliphatic rings. The molecule has 0 N–H and O–H groups in total. The number of hydrogen-bond donors (Lipinski definition) is 0. The third kappa shape index (κ3) is 2.32. The van der Waals surface area contributed by atoms with Crippen molar-refractivity contribution in [1.82, 2.24) is 9.88 Å². The van der Waals surface area contributed by atoms with Gasteiger partial charge in [0.25, 0.3) is 0 Å². The van der Waals surface area contributed by atoms with Crippen molar-refractivity contribution in [3.05, 3.63) is 24.5 Å². The van der Waals surface area contributed by atoms with Gasteiger partial charge in [0.1, 0.15) is 0 Å². The Kier molecular flexibility index (Phi) is 3.39. The summed E-state index contributed by atoms with van der Waals surface area (Å²) < 4.78 is 0. The van der Waals surface area contributed by atoms with E-state index in [2.05, 4.69) is 26.9 Å². The fourth-order valence-electron chi connectivity index (χ4n) is 4.71. The van der Waals surface area contributed by atoms with Crippen molar-refractivity contribution in [1.29, 1.82) is 0 Å². The second-order valence-corrected chi connectivity index (χ2v) is 6.81. The van der Waals surface area contributed by atoms with Crippen LogP contribution in [0.15, 0.2) is 24.5 Å². The first-order valence-corrected chi connectivity index (χ1v) is 8.29. The summed E-state index contributed by atoms with van der Waals surface area (Å²) >= 11 is 0. The van der Waals surface area contributed by atoms with E-state index in [0.717, 1.165) is 17.9 Å². The Balaban J connectivity index is 1.37. The SMILES string of the molecule is c1cc(N2CCN(C3CCC4CCC3C4)CC2)ccn1. The molecule has 1 aliphatic heterocycles. The molecular formula is C17H25N3. The molecule has 3 heteroatoms. The highest BCUT2D eigenvalue weighted by molar-refractivity contribution is 5.44. The standard InChI is InChI=1S/C17H25N3/c1-3-15-13-14(1)2-4-17(15)20-11-9-19(10-12-20)16-5-7-18-8-6-16/h5-8,14-15,17H,1-4,9-13H2. The second kappa shape index (κ2) is 5.36. The molecule has 4 rings (SSSR count). The number of piperazine rings is 1. The highest BCUT2D eigenvalue weighted by atomic mass is 15.3. The zero-order valence-corrected chi connectivity index (χ0v) is 12.2. The predicted molar refractivity (Wildman–Crippen MR) is 81.9 cm³/mol. The van der Waals surface area contributed by atoms with Gasteiger partial charge in [-0.3, -0.25) is 9.88 Å². The van der Waals surface area contributed by atoms with Crippen molar-refractivity contribution < 1.29 is 0 Å². The molecule has 0 spiro atoms. The maximum atomic E-state index is 4.12. The minimum Gasteiger partial charge on any atom is -0.369 e. The summed E-state index contributed by atoms with van der Waals surface area (Å²) in [6.45, 7) is 4.84. The minimum atomic E-state index is 0.897. The zero-order valence-electron chi connectivity index (χ0n) is 12.2. The van der Waals surface area contributed by atoms with Crippen LogP contribution >= 0.6 is 0 Å². The molecule has 3 fully saturated rings. The largest absolute Gasteiger partial charge is 0.369 e. The van der Waals surface area contributed by atoms with Gasteiger partial charge >= 0.3 is 0 Å². The Morgan fingerprint density at radius 3 is 2.45 bits per heavy atom. The Bertz CT molecular complexity index is 439. The van der Waals surface area contributed by atoms with E-state index in [-0.39, 0.29) is 0 Å². The molecular weight excluding hydrogens is 246 g/mol. The molecule has 2 heterocycles. The molecule has 3 atom stereocenters. The van der Waals surface area contributed by atoms with Gasteiger partial charge in [-0.2, -0.15) is 0 Å². The minimum absolute atomic E-state index is 0.897. The average Bonchev–Trinajstić information content (AvgIpc) is 2.90. The molecule has 0 aromatic carbocycles. The first kappa shape index (κ1) is 12.6. The molecule has 1 saturated heterocycles. The predicted octanol–water partition coefficient (Wildman–Crippen LogP) is 2.78. The van der Waals surface area contributed by atoms with Crippen LogP contribution in [0.25, 0.3) is 0 Å². The van der Waals surface area contributed by atoms with Gasteiger partial charge in [0, 0.05) is 50.3 Å². The number of aromatic nitrogens is 1. The van der Waals surface area contributed by atoms with Gasteiger partial charge in [0.2, 0.25) is 0 Å². The molecule has 0 radical (unpaired) electrons. The highest BCUT2D eigenvalue weighted by Gasteiger charge is 2.39. The van der Waals surface area contributed by atoms with E-state index >= 15 is 0 Å². The van der Waals surface area contributed by atoms with Gasteiger partial charge in [-0.25, -0.2) is 0 Å². The number of fused-ring (bicyclic) bond motifs is 2. The topological polar surface area (TPSA) is 19.4 Å². The Morgan fingerprint density at radius 2 is 1.65 bits per heavy atom. The number of rotatable bonds is 2. The second-order valence-electron chi connectivity index (χ2n) is 6.81. The lowest BCUT2D eigenvalue weighted by Gasteiger charge is -2.44. The fourth-order valence-corrected chi connectivity index (χ4v) is 4.71. The third-order valence-electron chi connectivity index (χ3n) is 5.81. The smallest absolute Gasteiger partial charge is 0.0397 e. The summed E-state index contributed by atoms with van der Waals surface area (Å²) in [6, 6.07) is 5.17. The van der Waals surface area contributed by atoms with Gasteiger partial charge in [-0.1, -0.05) is 6.42 Å². The Hall–Kier alpha value is -1.09. The van der Waals surface area contributed by atoms with Crippen LogP contribution < -0.4 is 4.90 Å². The van der Waals surface area contributed by atoms with E-state index in [1.807, 2.05) is 12.4 Å². The van der Waals surface area contributed by atoms with Gasteiger partial charge in [0.15, 0.2) is 0 Å². The van der Waals surface area contributed by atoms with Crippen LogP contribution in [-0.2, 0) is 0 Å². The zero-order chi connectivity index (χ0) is 13.4. The summed E-state index contributed by atoms with van der Waals surface area (Å²) in [5, 5.41) is 0. The van der Waals surface area contributed by atoms with Crippen LogP contribution in [0.1, 0.15) is 32.1 Å². The van der Waals surface area contributed by atoms with E-state index in [9.17, 15) is 0 Å². The van der Waals surface area contributed by atoms with Crippen LogP contribution in [0.2, 0.25) is 0 Å². The van der Waals surface area contributed by atoms with Crippen LogP contribution in [-0.4, -0.2) is 42.1 Å². The molecule has 20 heavy (non-hydrogen) atoms. The quantitative estimate of drug-likeness (QED) is 0.824. The van der Waals surface area contributed by atoms with E-state index in [0.29, 0.717) is 0 Å². The number of pyridine rings is 1. The van der Waals surface area contributed by atoms with Crippen LogP contribution in [0, 0.1) is 11.8 Å². The van der Waals surface area contributed by atoms with Crippen molar-refractivity contribution in [2.24, 2.45) is 11.8 Å². The molecule has 3 nitrogen and oxygen atoms in total. The molecule has 2 bridgehead atoms. The van der Waals surface area contributed by atoms with Crippen LogP contribution in [0.4, 0.5) is 5.69 Å². The summed E-state index contributed by atoms with van der Waals surface area (Å²) in [5.41, 5.74) is 1.34. The number of anilines is 1. The normalized spacial score (nSPS) is 34.4. The van der Waals surface area contributed by atoms with E-state index in [1.165, 1.54) is 64.0 Å². The first-order valence-electron chi connectivity index (χ1n) is 8.29. The van der Waals surface area contributed by atoms with Crippen LogP contribution in [0.5, 0.6) is 0 Å². The van der Waals surface area contributed by atoms with Gasteiger partial charge in [-0.15, -0.1) is 0 Å². The molecule has 1 aromatic heterocycles. The maximum absolute atomic E-state index is 4.12. The van der Waals surface area contributed by atoms with Crippen molar-refractivity contribution >= 4 is 5.69 Å². The van der Waals surface area contributed by atoms with Crippen molar-refractivity contribution in [2.45, 2.75) is 38.1 Å². The molecule has 2 aliphatic carbocycles.